The summed E-state index contributed by atoms with van der Waals surface area (Å²) in [6.45, 7) is 4.11. The molecule has 0 saturated heterocycles. The second kappa shape index (κ2) is 10.7. The molecule has 1 aliphatic carbocycles. The largest absolute Gasteiger partial charge is 0.480 e. The van der Waals surface area contributed by atoms with Crippen molar-refractivity contribution in [3.8, 4) is 11.1 Å². The number of aromatic nitrogens is 1. The predicted molar refractivity (Wildman–Crippen MR) is 132 cm³/mol. The first-order valence-electron chi connectivity index (χ1n) is 11.4. The van der Waals surface area contributed by atoms with Crippen molar-refractivity contribution < 1.29 is 24.2 Å². The molecule has 4 rings (SSSR count). The van der Waals surface area contributed by atoms with E-state index in [0.29, 0.717) is 16.4 Å². The molecular formula is C26H27N3O5S. The molecule has 0 fully saturated rings. The summed E-state index contributed by atoms with van der Waals surface area (Å²) in [6.07, 6.45) is 0.846. The lowest BCUT2D eigenvalue weighted by Gasteiger charge is -2.21. The third-order valence-corrected chi connectivity index (χ3v) is 6.68. The molecule has 0 spiro atoms. The number of hydrogen-bond acceptors (Lipinski definition) is 6. The van der Waals surface area contributed by atoms with Crippen LogP contribution in [0.2, 0.25) is 0 Å². The van der Waals surface area contributed by atoms with Crippen molar-refractivity contribution in [3.05, 3.63) is 75.7 Å². The summed E-state index contributed by atoms with van der Waals surface area (Å²) < 4.78 is 5.53. The van der Waals surface area contributed by atoms with E-state index >= 15 is 0 Å². The van der Waals surface area contributed by atoms with Crippen molar-refractivity contribution in [2.75, 3.05) is 19.7 Å². The topological polar surface area (TPSA) is 109 Å². The lowest BCUT2D eigenvalue weighted by atomic mass is 9.98. The van der Waals surface area contributed by atoms with Gasteiger partial charge < -0.3 is 20.1 Å². The molecule has 1 aliphatic rings. The van der Waals surface area contributed by atoms with Gasteiger partial charge >= 0.3 is 12.1 Å². The average Bonchev–Trinajstić information content (AvgIpc) is 3.43. The zero-order chi connectivity index (χ0) is 24.9. The van der Waals surface area contributed by atoms with Crippen LogP contribution in [0.3, 0.4) is 0 Å². The molecule has 182 valence electrons. The second-order valence-corrected chi connectivity index (χ2v) is 9.89. The fraction of sp³-hybridized carbons (Fsp3) is 0.308. The van der Waals surface area contributed by atoms with Gasteiger partial charge in [-0.2, -0.15) is 0 Å². The molecule has 0 aliphatic heterocycles. The number of ether oxygens (including phenoxy) is 1. The Morgan fingerprint density at radius 1 is 1.09 bits per heavy atom. The Morgan fingerprint density at radius 2 is 1.71 bits per heavy atom. The molecule has 1 heterocycles. The molecule has 1 aromatic heterocycles. The van der Waals surface area contributed by atoms with Gasteiger partial charge in [-0.25, -0.2) is 9.78 Å². The molecular weight excluding hydrogens is 466 g/mol. The molecule has 0 saturated carbocycles. The first kappa shape index (κ1) is 24.4. The first-order chi connectivity index (χ1) is 16.8. The number of aliphatic carboxylic acids is 1. The minimum Gasteiger partial charge on any atom is -0.480 e. The number of carboxylic acid groups (broad SMARTS) is 1. The Hall–Kier alpha value is -3.72. The van der Waals surface area contributed by atoms with E-state index in [2.05, 4.69) is 34.6 Å². The maximum atomic E-state index is 12.7. The fourth-order valence-corrected chi connectivity index (χ4v) is 5.09. The molecule has 2 aromatic carbocycles. The summed E-state index contributed by atoms with van der Waals surface area (Å²) in [4.78, 5) is 42.1. The van der Waals surface area contributed by atoms with Crippen molar-refractivity contribution >= 4 is 29.3 Å². The number of hydrogen-bond donors (Lipinski definition) is 2. The van der Waals surface area contributed by atoms with Gasteiger partial charge in [0.2, 0.25) is 0 Å². The minimum absolute atomic E-state index is 0.0292. The van der Waals surface area contributed by atoms with E-state index in [1.807, 2.05) is 38.1 Å². The van der Waals surface area contributed by atoms with Crippen LogP contribution in [0.25, 0.3) is 11.1 Å². The number of thiazole rings is 1. The van der Waals surface area contributed by atoms with Gasteiger partial charge in [0.1, 0.15) is 23.0 Å². The van der Waals surface area contributed by atoms with Crippen LogP contribution in [0.5, 0.6) is 0 Å². The van der Waals surface area contributed by atoms with Crippen LogP contribution in [-0.2, 0) is 16.1 Å². The summed E-state index contributed by atoms with van der Waals surface area (Å²) in [7, 11) is 0. The lowest BCUT2D eigenvalue weighted by molar-refractivity contribution is -0.137. The van der Waals surface area contributed by atoms with E-state index in [9.17, 15) is 14.4 Å². The quantitative estimate of drug-likeness (QED) is 0.458. The zero-order valence-corrected chi connectivity index (χ0v) is 20.4. The van der Waals surface area contributed by atoms with Gasteiger partial charge in [-0.15, -0.1) is 11.3 Å². The van der Waals surface area contributed by atoms with Crippen molar-refractivity contribution in [2.24, 2.45) is 5.92 Å². The van der Waals surface area contributed by atoms with Gasteiger partial charge in [0.25, 0.3) is 5.91 Å². The van der Waals surface area contributed by atoms with Gasteiger partial charge in [0.15, 0.2) is 0 Å². The van der Waals surface area contributed by atoms with Crippen molar-refractivity contribution in [2.45, 2.75) is 26.3 Å². The fourth-order valence-electron chi connectivity index (χ4n) is 4.27. The SMILES string of the molecule is CC(C)CN(CC(=O)O)C(=O)c1cnc(CNC(=O)OCC2c3ccccc3-c3ccccc32)s1. The van der Waals surface area contributed by atoms with Crippen LogP contribution in [0.15, 0.2) is 54.7 Å². The third-order valence-electron chi connectivity index (χ3n) is 5.69. The molecule has 3 aromatic rings. The Labute approximate surface area is 207 Å². The van der Waals surface area contributed by atoms with E-state index in [1.165, 1.54) is 11.1 Å². The van der Waals surface area contributed by atoms with Crippen molar-refractivity contribution in [1.29, 1.82) is 0 Å². The molecule has 0 radical (unpaired) electrons. The normalized spacial score (nSPS) is 12.2. The van der Waals surface area contributed by atoms with Gasteiger partial charge in [0.05, 0.1) is 12.7 Å². The highest BCUT2D eigenvalue weighted by atomic mass is 32.1. The Kier molecular flexibility index (Phi) is 7.45. The number of alkyl carbamates (subject to hydrolysis) is 1. The number of carbonyl (C=O) groups excluding carboxylic acids is 2. The monoisotopic (exact) mass is 493 g/mol. The minimum atomic E-state index is -1.07. The number of nitrogens with one attached hydrogen (secondary N) is 1. The van der Waals surface area contributed by atoms with Crippen LogP contribution in [-0.4, -0.2) is 52.7 Å². The Balaban J connectivity index is 1.33. The predicted octanol–water partition coefficient (Wildman–Crippen LogP) is 4.36. The Bertz CT molecular complexity index is 1190. The lowest BCUT2D eigenvalue weighted by Crippen LogP contribution is -2.37. The molecule has 0 atom stereocenters. The molecule has 9 heteroatoms. The number of nitrogens with zero attached hydrogens (tertiary/aromatic N) is 2. The summed E-state index contributed by atoms with van der Waals surface area (Å²) in [6, 6.07) is 16.2. The summed E-state index contributed by atoms with van der Waals surface area (Å²) in [5, 5.41) is 12.3. The summed E-state index contributed by atoms with van der Waals surface area (Å²) in [5.74, 6) is -1.36. The van der Waals surface area contributed by atoms with Gasteiger partial charge in [-0.1, -0.05) is 62.4 Å². The van der Waals surface area contributed by atoms with Crippen molar-refractivity contribution in [3.63, 3.8) is 0 Å². The average molecular weight is 494 g/mol. The number of fused-ring (bicyclic) bond motifs is 3. The van der Waals surface area contributed by atoms with Gasteiger partial charge in [0, 0.05) is 12.5 Å². The van der Waals surface area contributed by atoms with Gasteiger partial charge in [-0.3, -0.25) is 9.59 Å². The maximum Gasteiger partial charge on any atom is 0.407 e. The molecule has 2 amide bonds. The molecule has 35 heavy (non-hydrogen) atoms. The number of carboxylic acids is 1. The van der Waals surface area contributed by atoms with E-state index in [0.717, 1.165) is 33.6 Å². The van der Waals surface area contributed by atoms with Crippen LogP contribution >= 0.6 is 11.3 Å². The highest BCUT2D eigenvalue weighted by Gasteiger charge is 2.29. The Morgan fingerprint density at radius 3 is 2.31 bits per heavy atom. The van der Waals surface area contributed by atoms with E-state index in [4.69, 9.17) is 9.84 Å². The van der Waals surface area contributed by atoms with E-state index < -0.39 is 12.1 Å². The smallest absolute Gasteiger partial charge is 0.407 e. The van der Waals surface area contributed by atoms with Gasteiger partial charge in [-0.05, 0) is 28.2 Å². The van der Waals surface area contributed by atoms with Crippen LogP contribution in [0.1, 0.15) is 45.6 Å². The molecule has 2 N–H and O–H groups in total. The van der Waals surface area contributed by atoms with E-state index in [-0.39, 0.29) is 37.4 Å². The number of amides is 2. The summed E-state index contributed by atoms with van der Waals surface area (Å²) >= 11 is 1.12. The highest BCUT2D eigenvalue weighted by molar-refractivity contribution is 7.13. The first-order valence-corrected chi connectivity index (χ1v) is 12.2. The molecule has 8 nitrogen and oxygen atoms in total. The van der Waals surface area contributed by atoms with Crippen LogP contribution in [0, 0.1) is 5.92 Å². The van der Waals surface area contributed by atoms with Crippen molar-refractivity contribution in [1.82, 2.24) is 15.2 Å². The van der Waals surface area contributed by atoms with Crippen LogP contribution in [0.4, 0.5) is 4.79 Å². The van der Waals surface area contributed by atoms with Crippen LogP contribution < -0.4 is 5.32 Å². The molecule has 0 unspecified atom stereocenters. The number of rotatable bonds is 9. The van der Waals surface area contributed by atoms with E-state index in [1.54, 1.807) is 0 Å². The zero-order valence-electron chi connectivity index (χ0n) is 19.6. The number of benzene rings is 2. The second-order valence-electron chi connectivity index (χ2n) is 8.77. The molecule has 0 bridgehead atoms. The highest BCUT2D eigenvalue weighted by Crippen LogP contribution is 2.44. The summed E-state index contributed by atoms with van der Waals surface area (Å²) in [5.41, 5.74) is 4.59. The standard InChI is InChI=1S/C26H27N3O5S/c1-16(2)13-29(14-24(30)31)25(32)22-11-27-23(35-22)12-28-26(33)34-15-21-19-9-5-3-7-17(19)18-8-4-6-10-20(18)21/h3-11,16,21H,12-15H2,1-2H3,(H,28,33)(H,30,31). The maximum absolute atomic E-state index is 12.7. The third kappa shape index (κ3) is 5.68. The number of carbonyl (C=O) groups is 3.